The molecule has 3 nitrogen and oxygen atoms in total. The van der Waals surface area contributed by atoms with Crippen LogP contribution in [0.5, 0.6) is 0 Å². The summed E-state index contributed by atoms with van der Waals surface area (Å²) in [5.41, 5.74) is -0.160. The Morgan fingerprint density at radius 1 is 1.37 bits per heavy atom. The van der Waals surface area contributed by atoms with Crippen molar-refractivity contribution >= 4 is 8.32 Å². The van der Waals surface area contributed by atoms with Gasteiger partial charge in [-0.25, -0.2) is 0 Å². The fourth-order valence-corrected chi connectivity index (χ4v) is 4.89. The average Bonchev–Trinajstić information content (AvgIpc) is 2.49. The Hall–Kier alpha value is -0.373. The first kappa shape index (κ1) is 15.0. The maximum atomic E-state index is 9.30. The molecule has 2 aliphatic heterocycles. The second-order valence-electron chi connectivity index (χ2n) is 7.88. The molecule has 3 unspecified atom stereocenters. The van der Waals surface area contributed by atoms with Crippen LogP contribution in [0.2, 0.25) is 18.1 Å². The zero-order valence-electron chi connectivity index (χ0n) is 13.3. The predicted octanol–water partition coefficient (Wildman–Crippen LogP) is 3.73. The van der Waals surface area contributed by atoms with Crippen LogP contribution in [0, 0.1) is 17.2 Å². The van der Waals surface area contributed by atoms with Crippen molar-refractivity contribution in [1.29, 1.82) is 5.26 Å². The monoisotopic (exact) mass is 280 g/mol. The Labute approximate surface area is 119 Å². The summed E-state index contributed by atoms with van der Waals surface area (Å²) >= 11 is 0. The first-order valence-electron chi connectivity index (χ1n) is 7.44. The van der Waals surface area contributed by atoms with E-state index >= 15 is 0 Å². The maximum absolute atomic E-state index is 9.30. The molecule has 2 rings (SSSR count). The number of piperidine rings is 1. The van der Waals surface area contributed by atoms with E-state index in [0.29, 0.717) is 6.04 Å². The zero-order chi connectivity index (χ0) is 14.5. The standard InChI is InChI=1S/C15H28N2OSi/c1-14(2,3)19(5,6)18-15-8-7-13(17(15)4)9-12(10-15)11-16/h12-13H,7-10H2,1-6H3. The summed E-state index contributed by atoms with van der Waals surface area (Å²) in [5.74, 6) is 0.175. The van der Waals surface area contributed by atoms with Gasteiger partial charge >= 0.3 is 0 Å². The smallest absolute Gasteiger partial charge is 0.194 e. The van der Waals surface area contributed by atoms with Crippen molar-refractivity contribution in [3.8, 4) is 6.07 Å². The third kappa shape index (κ3) is 2.48. The van der Waals surface area contributed by atoms with Crippen molar-refractivity contribution in [1.82, 2.24) is 4.90 Å². The minimum absolute atomic E-state index is 0.160. The summed E-state index contributed by atoms with van der Waals surface area (Å²) in [4.78, 5) is 2.43. The minimum atomic E-state index is -1.79. The van der Waals surface area contributed by atoms with E-state index in [1.807, 2.05) is 0 Å². The van der Waals surface area contributed by atoms with Crippen molar-refractivity contribution in [2.75, 3.05) is 7.05 Å². The molecule has 2 aliphatic rings. The molecule has 0 aliphatic carbocycles. The van der Waals surface area contributed by atoms with E-state index in [0.717, 1.165) is 19.3 Å². The van der Waals surface area contributed by atoms with Crippen LogP contribution in [0.25, 0.3) is 0 Å². The summed E-state index contributed by atoms with van der Waals surface area (Å²) in [6, 6.07) is 3.03. The quantitative estimate of drug-likeness (QED) is 0.723. The van der Waals surface area contributed by atoms with Gasteiger partial charge in [0.25, 0.3) is 0 Å². The van der Waals surface area contributed by atoms with Gasteiger partial charge in [0.2, 0.25) is 0 Å². The fraction of sp³-hybridized carbons (Fsp3) is 0.933. The zero-order valence-corrected chi connectivity index (χ0v) is 14.3. The highest BCUT2D eigenvalue weighted by molar-refractivity contribution is 6.74. The number of nitriles is 1. The normalized spacial score (nSPS) is 36.3. The summed E-state index contributed by atoms with van der Waals surface area (Å²) in [6.45, 7) is 11.5. The molecule has 2 fully saturated rings. The molecule has 0 aromatic carbocycles. The molecule has 2 saturated heterocycles. The highest BCUT2D eigenvalue weighted by Gasteiger charge is 2.54. The first-order valence-corrected chi connectivity index (χ1v) is 10.3. The molecule has 0 saturated carbocycles. The van der Waals surface area contributed by atoms with Crippen molar-refractivity contribution in [2.45, 2.75) is 76.4 Å². The number of fused-ring (bicyclic) bond motifs is 2. The molecule has 2 bridgehead atoms. The molecule has 0 aromatic heterocycles. The molecular weight excluding hydrogens is 252 g/mol. The fourth-order valence-electron chi connectivity index (χ4n) is 3.30. The Morgan fingerprint density at radius 3 is 2.53 bits per heavy atom. The largest absolute Gasteiger partial charge is 0.399 e. The van der Waals surface area contributed by atoms with Gasteiger partial charge in [-0.1, -0.05) is 20.8 Å². The molecule has 108 valence electrons. The molecule has 3 atom stereocenters. The highest BCUT2D eigenvalue weighted by atomic mass is 28.4. The van der Waals surface area contributed by atoms with E-state index in [1.54, 1.807) is 0 Å². The third-order valence-electron chi connectivity index (χ3n) is 5.61. The van der Waals surface area contributed by atoms with Gasteiger partial charge in [-0.2, -0.15) is 5.26 Å². The van der Waals surface area contributed by atoms with Crippen LogP contribution in [-0.2, 0) is 4.43 Å². The predicted molar refractivity (Wildman–Crippen MR) is 80.1 cm³/mol. The van der Waals surface area contributed by atoms with Gasteiger partial charge in [0.1, 0.15) is 5.72 Å². The lowest BCUT2D eigenvalue weighted by Crippen LogP contribution is -2.58. The van der Waals surface area contributed by atoms with Crippen LogP contribution in [-0.4, -0.2) is 32.0 Å². The van der Waals surface area contributed by atoms with E-state index in [2.05, 4.69) is 51.9 Å². The van der Waals surface area contributed by atoms with E-state index in [4.69, 9.17) is 4.43 Å². The second kappa shape index (κ2) is 4.58. The van der Waals surface area contributed by atoms with Crippen molar-refractivity contribution in [3.05, 3.63) is 0 Å². The second-order valence-corrected chi connectivity index (χ2v) is 12.6. The maximum Gasteiger partial charge on any atom is 0.194 e. The Balaban J connectivity index is 2.24. The molecule has 2 heterocycles. The highest BCUT2D eigenvalue weighted by Crippen LogP contribution is 2.50. The number of nitrogens with zero attached hydrogens (tertiary/aromatic N) is 2. The van der Waals surface area contributed by atoms with Crippen molar-refractivity contribution in [3.63, 3.8) is 0 Å². The van der Waals surface area contributed by atoms with Crippen LogP contribution in [0.15, 0.2) is 0 Å². The lowest BCUT2D eigenvalue weighted by molar-refractivity contribution is -0.101. The molecule has 0 amide bonds. The van der Waals surface area contributed by atoms with Crippen LogP contribution in [0.3, 0.4) is 0 Å². The van der Waals surface area contributed by atoms with Crippen LogP contribution in [0.4, 0.5) is 0 Å². The average molecular weight is 280 g/mol. The lowest BCUT2D eigenvalue weighted by Gasteiger charge is -2.50. The van der Waals surface area contributed by atoms with Gasteiger partial charge in [-0.3, -0.25) is 4.90 Å². The molecule has 0 aromatic rings. The molecule has 0 radical (unpaired) electrons. The van der Waals surface area contributed by atoms with Crippen molar-refractivity contribution in [2.24, 2.45) is 5.92 Å². The van der Waals surface area contributed by atoms with Crippen molar-refractivity contribution < 1.29 is 4.43 Å². The molecule has 4 heteroatoms. The Morgan fingerprint density at radius 2 is 2.00 bits per heavy atom. The van der Waals surface area contributed by atoms with Gasteiger partial charge in [0.15, 0.2) is 8.32 Å². The minimum Gasteiger partial charge on any atom is -0.399 e. The van der Waals surface area contributed by atoms with Crippen LogP contribution >= 0.6 is 0 Å². The molecule has 0 N–H and O–H groups in total. The van der Waals surface area contributed by atoms with Crippen LogP contribution in [0.1, 0.15) is 46.5 Å². The van der Waals surface area contributed by atoms with Gasteiger partial charge in [0, 0.05) is 12.5 Å². The van der Waals surface area contributed by atoms with Gasteiger partial charge in [-0.05, 0) is 44.4 Å². The summed E-state index contributed by atoms with van der Waals surface area (Å²) < 4.78 is 6.78. The summed E-state index contributed by atoms with van der Waals surface area (Å²) in [5, 5.41) is 9.52. The molecule has 19 heavy (non-hydrogen) atoms. The Bertz CT molecular complexity index is 396. The SMILES string of the molecule is CN1C2CCC1(O[Si](C)(C)C(C)(C)C)CC(C#N)C2. The molecule has 0 spiro atoms. The van der Waals surface area contributed by atoms with E-state index in [9.17, 15) is 5.26 Å². The number of rotatable bonds is 2. The number of hydrogen-bond donors (Lipinski definition) is 0. The van der Waals surface area contributed by atoms with E-state index in [1.165, 1.54) is 6.42 Å². The van der Waals surface area contributed by atoms with Gasteiger partial charge in [0.05, 0.1) is 12.0 Å². The third-order valence-corrected chi connectivity index (χ3v) is 10.1. The van der Waals surface area contributed by atoms with Gasteiger partial charge in [-0.15, -0.1) is 0 Å². The number of hydrogen-bond acceptors (Lipinski definition) is 3. The van der Waals surface area contributed by atoms with Gasteiger partial charge < -0.3 is 4.43 Å². The lowest BCUT2D eigenvalue weighted by atomic mass is 9.90. The summed E-state index contributed by atoms with van der Waals surface area (Å²) in [6.07, 6.45) is 4.20. The molecular formula is C15H28N2OSi. The summed E-state index contributed by atoms with van der Waals surface area (Å²) in [7, 11) is 0.399. The Kier molecular flexibility index (Phi) is 3.62. The van der Waals surface area contributed by atoms with E-state index in [-0.39, 0.29) is 16.7 Å². The topological polar surface area (TPSA) is 36.3 Å². The van der Waals surface area contributed by atoms with E-state index < -0.39 is 8.32 Å². The van der Waals surface area contributed by atoms with Crippen LogP contribution < -0.4 is 0 Å². The first-order chi connectivity index (χ1) is 8.61.